The SMILES string of the molecule is Cc1cc2occ(CC(=O)NCC(C)CN3CCCC3)c2cc1C. The largest absolute Gasteiger partial charge is 0.464 e. The monoisotopic (exact) mass is 328 g/mol. The summed E-state index contributed by atoms with van der Waals surface area (Å²) in [6.45, 7) is 10.6. The molecule has 4 heteroatoms. The first-order chi connectivity index (χ1) is 11.5. The van der Waals surface area contributed by atoms with Crippen LogP contribution in [0.15, 0.2) is 22.8 Å². The van der Waals surface area contributed by atoms with Crippen molar-refractivity contribution in [3.05, 3.63) is 35.1 Å². The highest BCUT2D eigenvalue weighted by atomic mass is 16.3. The molecule has 1 aromatic carbocycles. The van der Waals surface area contributed by atoms with Crippen molar-refractivity contribution in [3.63, 3.8) is 0 Å². The van der Waals surface area contributed by atoms with Gasteiger partial charge in [0.2, 0.25) is 5.91 Å². The second-order valence-corrected chi connectivity index (χ2v) is 7.29. The summed E-state index contributed by atoms with van der Waals surface area (Å²) in [4.78, 5) is 14.8. The Hall–Kier alpha value is -1.81. The molecule has 1 aromatic heterocycles. The maximum atomic E-state index is 12.3. The van der Waals surface area contributed by atoms with Crippen LogP contribution in [0.2, 0.25) is 0 Å². The lowest BCUT2D eigenvalue weighted by Gasteiger charge is -2.20. The molecule has 0 aliphatic carbocycles. The standard InChI is InChI=1S/C20H28N2O2/c1-14(12-22-6-4-5-7-22)11-21-20(23)10-17-13-24-19-9-16(3)15(2)8-18(17)19/h8-9,13-14H,4-7,10-12H2,1-3H3,(H,21,23). The first-order valence-corrected chi connectivity index (χ1v) is 8.99. The maximum absolute atomic E-state index is 12.3. The Bertz CT molecular complexity index is 714. The minimum Gasteiger partial charge on any atom is -0.464 e. The first kappa shape index (κ1) is 17.0. The molecule has 130 valence electrons. The van der Waals surface area contributed by atoms with Crippen molar-refractivity contribution in [2.75, 3.05) is 26.2 Å². The number of benzene rings is 1. The van der Waals surface area contributed by atoms with Gasteiger partial charge in [-0.1, -0.05) is 6.92 Å². The smallest absolute Gasteiger partial charge is 0.224 e. The van der Waals surface area contributed by atoms with E-state index in [1.54, 1.807) is 6.26 Å². The summed E-state index contributed by atoms with van der Waals surface area (Å²) < 4.78 is 5.61. The fourth-order valence-corrected chi connectivity index (χ4v) is 3.47. The predicted octanol–water partition coefficient (Wildman–Crippen LogP) is 3.44. The molecule has 2 heterocycles. The zero-order valence-electron chi connectivity index (χ0n) is 15.0. The van der Waals surface area contributed by atoms with Gasteiger partial charge in [0.25, 0.3) is 0 Å². The number of amides is 1. The Morgan fingerprint density at radius 2 is 1.96 bits per heavy atom. The molecule has 1 saturated heterocycles. The Kier molecular flexibility index (Phi) is 5.24. The van der Waals surface area contributed by atoms with Crippen molar-refractivity contribution >= 4 is 16.9 Å². The highest BCUT2D eigenvalue weighted by molar-refractivity contribution is 5.88. The molecule has 1 N–H and O–H groups in total. The van der Waals surface area contributed by atoms with Gasteiger partial charge in [0.1, 0.15) is 5.58 Å². The third kappa shape index (κ3) is 3.99. The van der Waals surface area contributed by atoms with E-state index in [9.17, 15) is 4.79 Å². The summed E-state index contributed by atoms with van der Waals surface area (Å²) in [5.74, 6) is 0.558. The van der Waals surface area contributed by atoms with E-state index in [0.717, 1.165) is 29.6 Å². The van der Waals surface area contributed by atoms with Crippen LogP contribution in [0.1, 0.15) is 36.5 Å². The van der Waals surface area contributed by atoms with Gasteiger partial charge < -0.3 is 14.6 Å². The third-order valence-corrected chi connectivity index (χ3v) is 5.04. The van der Waals surface area contributed by atoms with Gasteiger partial charge in [-0.05, 0) is 69.0 Å². The molecule has 0 spiro atoms. The van der Waals surface area contributed by atoms with Crippen LogP contribution in [0.3, 0.4) is 0 Å². The minimum absolute atomic E-state index is 0.0733. The van der Waals surface area contributed by atoms with Gasteiger partial charge in [0, 0.05) is 24.0 Å². The quantitative estimate of drug-likeness (QED) is 0.883. The number of nitrogens with zero attached hydrogens (tertiary/aromatic N) is 1. The van der Waals surface area contributed by atoms with E-state index >= 15 is 0 Å². The van der Waals surface area contributed by atoms with Crippen LogP contribution < -0.4 is 5.32 Å². The van der Waals surface area contributed by atoms with Crippen LogP contribution in [0, 0.1) is 19.8 Å². The highest BCUT2D eigenvalue weighted by Crippen LogP contribution is 2.25. The van der Waals surface area contributed by atoms with E-state index in [0.29, 0.717) is 12.3 Å². The average molecular weight is 328 g/mol. The predicted molar refractivity (Wildman–Crippen MR) is 97.2 cm³/mol. The zero-order valence-corrected chi connectivity index (χ0v) is 15.0. The molecular weight excluding hydrogens is 300 g/mol. The fourth-order valence-electron chi connectivity index (χ4n) is 3.47. The number of carbonyl (C=O) groups is 1. The molecule has 1 unspecified atom stereocenters. The topological polar surface area (TPSA) is 45.5 Å². The van der Waals surface area contributed by atoms with E-state index in [-0.39, 0.29) is 5.91 Å². The maximum Gasteiger partial charge on any atom is 0.224 e. The summed E-state index contributed by atoms with van der Waals surface area (Å²) in [6.07, 6.45) is 4.72. The Labute approximate surface area is 144 Å². The van der Waals surface area contributed by atoms with Crippen LogP contribution in [-0.4, -0.2) is 37.0 Å². The van der Waals surface area contributed by atoms with Crippen LogP contribution in [0.4, 0.5) is 0 Å². The van der Waals surface area contributed by atoms with Gasteiger partial charge in [0.15, 0.2) is 0 Å². The number of nitrogens with one attached hydrogen (secondary N) is 1. The lowest BCUT2D eigenvalue weighted by Crippen LogP contribution is -2.35. The number of likely N-dealkylation sites (tertiary alicyclic amines) is 1. The summed E-state index contributed by atoms with van der Waals surface area (Å²) in [5.41, 5.74) is 4.27. The van der Waals surface area contributed by atoms with E-state index < -0.39 is 0 Å². The van der Waals surface area contributed by atoms with E-state index in [1.807, 2.05) is 6.07 Å². The van der Waals surface area contributed by atoms with Crippen LogP contribution in [0.5, 0.6) is 0 Å². The molecule has 0 saturated carbocycles. The van der Waals surface area contributed by atoms with Gasteiger partial charge in [-0.25, -0.2) is 0 Å². The first-order valence-electron chi connectivity index (χ1n) is 8.99. The van der Waals surface area contributed by atoms with Gasteiger partial charge in [-0.3, -0.25) is 4.79 Å². The second kappa shape index (κ2) is 7.39. The molecule has 1 aliphatic rings. The Morgan fingerprint density at radius 1 is 1.25 bits per heavy atom. The Balaban J connectivity index is 1.54. The summed E-state index contributed by atoms with van der Waals surface area (Å²) >= 11 is 0. The van der Waals surface area contributed by atoms with Gasteiger partial charge in [0.05, 0.1) is 12.7 Å². The highest BCUT2D eigenvalue weighted by Gasteiger charge is 2.16. The van der Waals surface area contributed by atoms with Crippen molar-refractivity contribution in [1.82, 2.24) is 10.2 Å². The molecule has 1 fully saturated rings. The van der Waals surface area contributed by atoms with Crippen LogP contribution in [-0.2, 0) is 11.2 Å². The average Bonchev–Trinajstić information content (AvgIpc) is 3.17. The fraction of sp³-hybridized carbons (Fsp3) is 0.550. The number of hydrogen-bond donors (Lipinski definition) is 1. The summed E-state index contributed by atoms with van der Waals surface area (Å²) in [7, 11) is 0. The Morgan fingerprint density at radius 3 is 2.71 bits per heavy atom. The van der Waals surface area contributed by atoms with E-state index in [4.69, 9.17) is 4.42 Å². The zero-order chi connectivity index (χ0) is 17.1. The molecule has 24 heavy (non-hydrogen) atoms. The molecule has 2 aromatic rings. The second-order valence-electron chi connectivity index (χ2n) is 7.29. The summed E-state index contributed by atoms with van der Waals surface area (Å²) in [5, 5.41) is 4.13. The van der Waals surface area contributed by atoms with Crippen LogP contribution >= 0.6 is 0 Å². The third-order valence-electron chi connectivity index (χ3n) is 5.04. The number of furan rings is 1. The van der Waals surface area contributed by atoms with E-state index in [1.165, 1.54) is 37.1 Å². The lowest BCUT2D eigenvalue weighted by molar-refractivity contribution is -0.120. The molecule has 1 amide bonds. The number of fused-ring (bicyclic) bond motifs is 1. The van der Waals surface area contributed by atoms with Gasteiger partial charge >= 0.3 is 0 Å². The lowest BCUT2D eigenvalue weighted by atomic mass is 10.0. The van der Waals surface area contributed by atoms with Crippen molar-refractivity contribution in [2.45, 2.75) is 40.0 Å². The van der Waals surface area contributed by atoms with Crippen molar-refractivity contribution in [1.29, 1.82) is 0 Å². The summed E-state index contributed by atoms with van der Waals surface area (Å²) in [6, 6.07) is 4.16. The van der Waals surface area contributed by atoms with Crippen molar-refractivity contribution in [2.24, 2.45) is 5.92 Å². The van der Waals surface area contributed by atoms with Gasteiger partial charge in [-0.15, -0.1) is 0 Å². The minimum atomic E-state index is 0.0733. The van der Waals surface area contributed by atoms with Gasteiger partial charge in [-0.2, -0.15) is 0 Å². The van der Waals surface area contributed by atoms with Crippen LogP contribution in [0.25, 0.3) is 11.0 Å². The molecule has 3 rings (SSSR count). The molecule has 0 bridgehead atoms. The van der Waals surface area contributed by atoms with E-state index in [2.05, 4.69) is 37.1 Å². The number of aryl methyl sites for hydroxylation is 2. The molecule has 0 radical (unpaired) electrons. The molecule has 4 nitrogen and oxygen atoms in total. The van der Waals surface area contributed by atoms with Crippen molar-refractivity contribution < 1.29 is 9.21 Å². The normalized spacial score (nSPS) is 16.6. The number of hydrogen-bond acceptors (Lipinski definition) is 3. The number of rotatable bonds is 6. The van der Waals surface area contributed by atoms with Crippen molar-refractivity contribution in [3.8, 4) is 0 Å². The molecular formula is C20H28N2O2. The number of carbonyl (C=O) groups excluding carboxylic acids is 1. The molecule has 1 aliphatic heterocycles. The molecule has 1 atom stereocenters.